The van der Waals surface area contributed by atoms with Crippen LogP contribution in [0.1, 0.15) is 15.9 Å². The van der Waals surface area contributed by atoms with E-state index in [-0.39, 0.29) is 19.0 Å². The van der Waals surface area contributed by atoms with E-state index in [4.69, 9.17) is 0 Å². The van der Waals surface area contributed by atoms with E-state index < -0.39 is 12.2 Å². The topological polar surface area (TPSA) is 60.8 Å². The summed E-state index contributed by atoms with van der Waals surface area (Å²) in [4.78, 5) is 13.7. The summed E-state index contributed by atoms with van der Waals surface area (Å²) in [6.07, 6.45) is -1.68. The Morgan fingerprint density at radius 2 is 1.94 bits per heavy atom. The van der Waals surface area contributed by atoms with Crippen molar-refractivity contribution >= 4 is 21.8 Å². The van der Waals surface area contributed by atoms with Crippen LogP contribution >= 0.6 is 15.9 Å². The van der Waals surface area contributed by atoms with E-state index in [1.54, 1.807) is 12.1 Å². The van der Waals surface area contributed by atoms with Crippen LogP contribution in [0, 0.1) is 6.92 Å². The van der Waals surface area contributed by atoms with Crippen molar-refractivity contribution in [2.75, 3.05) is 13.1 Å². The standard InChI is InChI=1S/C12H14BrNO3/c1-7-8(3-2-4-9(7)13)12(17)14-5-10(15)11(16)6-14/h2-4,10-11,15-16H,5-6H2,1H3/t10-,11+. The zero-order chi connectivity index (χ0) is 12.6. The van der Waals surface area contributed by atoms with Gasteiger partial charge in [-0.15, -0.1) is 0 Å². The summed E-state index contributed by atoms with van der Waals surface area (Å²) in [5.41, 5.74) is 1.47. The maximum Gasteiger partial charge on any atom is 0.254 e. The molecule has 1 saturated heterocycles. The third kappa shape index (κ3) is 2.36. The highest BCUT2D eigenvalue weighted by Crippen LogP contribution is 2.22. The van der Waals surface area contributed by atoms with Crippen molar-refractivity contribution in [3.05, 3.63) is 33.8 Å². The summed E-state index contributed by atoms with van der Waals surface area (Å²) < 4.78 is 0.878. The molecule has 0 spiro atoms. The van der Waals surface area contributed by atoms with Gasteiger partial charge in [0, 0.05) is 23.1 Å². The first-order valence-corrected chi connectivity index (χ1v) is 6.20. The maximum absolute atomic E-state index is 12.2. The third-order valence-corrected chi connectivity index (χ3v) is 3.90. The molecule has 0 unspecified atom stereocenters. The fraction of sp³-hybridized carbons (Fsp3) is 0.417. The van der Waals surface area contributed by atoms with Gasteiger partial charge in [0.15, 0.2) is 0 Å². The second-order valence-corrected chi connectivity index (χ2v) is 5.11. The monoisotopic (exact) mass is 299 g/mol. The largest absolute Gasteiger partial charge is 0.388 e. The van der Waals surface area contributed by atoms with Crippen LogP contribution in [0.3, 0.4) is 0 Å². The Balaban J connectivity index is 2.24. The molecule has 0 saturated carbocycles. The van der Waals surface area contributed by atoms with E-state index in [1.165, 1.54) is 4.90 Å². The van der Waals surface area contributed by atoms with Crippen molar-refractivity contribution in [3.8, 4) is 0 Å². The highest BCUT2D eigenvalue weighted by molar-refractivity contribution is 9.10. The maximum atomic E-state index is 12.2. The first-order valence-electron chi connectivity index (χ1n) is 5.41. The highest BCUT2D eigenvalue weighted by Gasteiger charge is 2.33. The summed E-state index contributed by atoms with van der Waals surface area (Å²) in [6, 6.07) is 5.42. The molecule has 2 atom stereocenters. The van der Waals surface area contributed by atoms with Crippen molar-refractivity contribution in [1.29, 1.82) is 0 Å². The Labute approximate surface area is 108 Å². The van der Waals surface area contributed by atoms with Crippen molar-refractivity contribution < 1.29 is 15.0 Å². The molecule has 2 rings (SSSR count). The third-order valence-electron chi connectivity index (χ3n) is 3.04. The Morgan fingerprint density at radius 1 is 1.35 bits per heavy atom. The van der Waals surface area contributed by atoms with Crippen LogP contribution in [0.15, 0.2) is 22.7 Å². The number of benzene rings is 1. The number of aliphatic hydroxyl groups excluding tert-OH is 2. The van der Waals surface area contributed by atoms with E-state index in [0.717, 1.165) is 10.0 Å². The lowest BCUT2D eigenvalue weighted by Gasteiger charge is -2.17. The molecular weight excluding hydrogens is 286 g/mol. The summed E-state index contributed by atoms with van der Waals surface area (Å²) in [5.74, 6) is -0.153. The molecule has 2 N–H and O–H groups in total. The zero-order valence-electron chi connectivity index (χ0n) is 9.43. The average Bonchev–Trinajstić information content (AvgIpc) is 2.62. The molecule has 1 amide bonds. The first-order chi connectivity index (χ1) is 8.00. The van der Waals surface area contributed by atoms with Gasteiger partial charge in [-0.25, -0.2) is 0 Å². The van der Waals surface area contributed by atoms with Crippen LogP contribution in [0.2, 0.25) is 0 Å². The SMILES string of the molecule is Cc1c(Br)cccc1C(=O)N1C[C@@H](O)[C@@H](O)C1. The predicted octanol–water partition coefficient (Wildman–Crippen LogP) is 0.935. The van der Waals surface area contributed by atoms with Crippen LogP contribution in [0.4, 0.5) is 0 Å². The molecule has 0 aliphatic carbocycles. The second kappa shape index (κ2) is 4.76. The lowest BCUT2D eigenvalue weighted by Crippen LogP contribution is -2.30. The number of amides is 1. The summed E-state index contributed by atoms with van der Waals surface area (Å²) in [7, 11) is 0. The van der Waals surface area contributed by atoms with E-state index in [9.17, 15) is 15.0 Å². The molecule has 1 aromatic rings. The molecular formula is C12H14BrNO3. The Kier molecular flexibility index (Phi) is 3.51. The molecule has 4 nitrogen and oxygen atoms in total. The highest BCUT2D eigenvalue weighted by atomic mass is 79.9. The van der Waals surface area contributed by atoms with Gasteiger partial charge in [-0.1, -0.05) is 22.0 Å². The van der Waals surface area contributed by atoms with Crippen LogP contribution in [-0.2, 0) is 0 Å². The number of hydrogen-bond acceptors (Lipinski definition) is 3. The van der Waals surface area contributed by atoms with Gasteiger partial charge >= 0.3 is 0 Å². The smallest absolute Gasteiger partial charge is 0.254 e. The second-order valence-electron chi connectivity index (χ2n) is 4.26. The number of carbonyl (C=O) groups excluding carboxylic acids is 1. The number of β-amino-alcohol motifs (C(OH)–C–C–N with tert-alkyl or cyclic N) is 2. The van der Waals surface area contributed by atoms with E-state index in [1.807, 2.05) is 13.0 Å². The van der Waals surface area contributed by atoms with Crippen molar-refractivity contribution in [2.24, 2.45) is 0 Å². The number of aliphatic hydroxyl groups is 2. The van der Waals surface area contributed by atoms with Crippen molar-refractivity contribution in [3.63, 3.8) is 0 Å². The van der Waals surface area contributed by atoms with Gasteiger partial charge in [0.05, 0.1) is 12.2 Å². The normalized spacial score (nSPS) is 24.1. The lowest BCUT2D eigenvalue weighted by atomic mass is 10.1. The Morgan fingerprint density at radius 3 is 2.53 bits per heavy atom. The average molecular weight is 300 g/mol. The number of nitrogens with zero attached hydrogens (tertiary/aromatic N) is 1. The molecule has 0 radical (unpaired) electrons. The van der Waals surface area contributed by atoms with Gasteiger partial charge in [-0.3, -0.25) is 4.79 Å². The summed E-state index contributed by atoms with van der Waals surface area (Å²) in [5, 5.41) is 18.9. The zero-order valence-corrected chi connectivity index (χ0v) is 11.0. The van der Waals surface area contributed by atoms with Crippen LogP contribution < -0.4 is 0 Å². The summed E-state index contributed by atoms with van der Waals surface area (Å²) >= 11 is 3.38. The number of halogens is 1. The number of rotatable bonds is 1. The molecule has 1 aromatic carbocycles. The summed E-state index contributed by atoms with van der Waals surface area (Å²) in [6.45, 7) is 2.23. The van der Waals surface area contributed by atoms with Gasteiger partial charge < -0.3 is 15.1 Å². The minimum Gasteiger partial charge on any atom is -0.388 e. The fourth-order valence-electron chi connectivity index (χ4n) is 1.94. The molecule has 0 aromatic heterocycles. The van der Waals surface area contributed by atoms with Gasteiger partial charge in [0.1, 0.15) is 0 Å². The van der Waals surface area contributed by atoms with Gasteiger partial charge in [0.25, 0.3) is 5.91 Å². The first kappa shape index (κ1) is 12.5. The predicted molar refractivity (Wildman–Crippen MR) is 66.8 cm³/mol. The van der Waals surface area contributed by atoms with Gasteiger partial charge in [-0.2, -0.15) is 0 Å². The molecule has 1 heterocycles. The van der Waals surface area contributed by atoms with E-state index in [2.05, 4.69) is 15.9 Å². The molecule has 0 bridgehead atoms. The van der Waals surface area contributed by atoms with Gasteiger partial charge in [0.2, 0.25) is 0 Å². The minimum atomic E-state index is -0.841. The quantitative estimate of drug-likeness (QED) is 0.811. The Hall–Kier alpha value is -0.910. The molecule has 17 heavy (non-hydrogen) atoms. The van der Waals surface area contributed by atoms with Crippen LogP contribution in [0.5, 0.6) is 0 Å². The minimum absolute atomic E-state index is 0.153. The number of carbonyl (C=O) groups is 1. The number of hydrogen-bond donors (Lipinski definition) is 2. The van der Waals surface area contributed by atoms with Crippen LogP contribution in [0.25, 0.3) is 0 Å². The lowest BCUT2D eigenvalue weighted by molar-refractivity contribution is 0.0572. The molecule has 92 valence electrons. The molecule has 1 fully saturated rings. The molecule has 1 aliphatic rings. The van der Waals surface area contributed by atoms with Crippen LogP contribution in [-0.4, -0.2) is 46.3 Å². The van der Waals surface area contributed by atoms with E-state index >= 15 is 0 Å². The fourth-order valence-corrected chi connectivity index (χ4v) is 2.31. The molecule has 1 aliphatic heterocycles. The Bertz CT molecular complexity index is 439. The van der Waals surface area contributed by atoms with Gasteiger partial charge in [-0.05, 0) is 24.6 Å². The van der Waals surface area contributed by atoms with Crippen molar-refractivity contribution in [1.82, 2.24) is 4.90 Å². The molecule has 5 heteroatoms. The van der Waals surface area contributed by atoms with E-state index in [0.29, 0.717) is 5.56 Å². The number of likely N-dealkylation sites (tertiary alicyclic amines) is 1. The van der Waals surface area contributed by atoms with Crippen molar-refractivity contribution in [2.45, 2.75) is 19.1 Å².